The Morgan fingerprint density at radius 3 is 2.79 bits per heavy atom. The van der Waals surface area contributed by atoms with E-state index in [1.165, 1.54) is 17.8 Å². The number of thioether (sulfide) groups is 1. The topological polar surface area (TPSA) is 59.8 Å². The molecule has 5 nitrogen and oxygen atoms in total. The average molecular weight is 342 g/mol. The second-order valence-electron chi connectivity index (χ2n) is 5.11. The highest BCUT2D eigenvalue weighted by Crippen LogP contribution is 2.16. The summed E-state index contributed by atoms with van der Waals surface area (Å²) in [6.45, 7) is 1.67. The molecule has 2 aromatic carbocycles. The zero-order valence-corrected chi connectivity index (χ0v) is 13.8. The number of rotatable bonds is 5. The summed E-state index contributed by atoms with van der Waals surface area (Å²) in [5.74, 6) is -0.433. The Bertz CT molecular complexity index is 851. The highest BCUT2D eigenvalue weighted by Gasteiger charge is 2.09. The molecule has 0 fully saturated rings. The number of carbonyl (C=O) groups is 1. The fourth-order valence-electron chi connectivity index (χ4n) is 2.02. The molecule has 0 aliphatic rings. The number of aromatic nitrogens is 3. The molecule has 0 saturated carbocycles. The van der Waals surface area contributed by atoms with Crippen molar-refractivity contribution in [2.75, 3.05) is 11.1 Å². The number of para-hydroxylation sites is 1. The Kier molecular flexibility index (Phi) is 4.90. The van der Waals surface area contributed by atoms with Crippen LogP contribution in [0.4, 0.5) is 10.1 Å². The molecule has 3 aromatic rings. The van der Waals surface area contributed by atoms with E-state index in [1.807, 2.05) is 30.3 Å². The second-order valence-corrected chi connectivity index (χ2v) is 6.05. The van der Waals surface area contributed by atoms with Crippen molar-refractivity contribution in [1.82, 2.24) is 14.8 Å². The lowest BCUT2D eigenvalue weighted by molar-refractivity contribution is -0.113. The Morgan fingerprint density at radius 1 is 1.25 bits per heavy atom. The summed E-state index contributed by atoms with van der Waals surface area (Å²) in [6, 6.07) is 14.2. The smallest absolute Gasteiger partial charge is 0.234 e. The van der Waals surface area contributed by atoms with Gasteiger partial charge in [0, 0.05) is 5.69 Å². The van der Waals surface area contributed by atoms with E-state index in [0.717, 1.165) is 5.69 Å². The Morgan fingerprint density at radius 2 is 2.04 bits per heavy atom. The van der Waals surface area contributed by atoms with E-state index in [1.54, 1.807) is 30.1 Å². The number of nitrogens with zero attached hydrogens (tertiary/aromatic N) is 3. The Hall–Kier alpha value is -2.67. The van der Waals surface area contributed by atoms with Crippen molar-refractivity contribution < 1.29 is 9.18 Å². The van der Waals surface area contributed by atoms with Crippen LogP contribution in [0.1, 0.15) is 5.56 Å². The van der Waals surface area contributed by atoms with Crippen LogP contribution in [-0.4, -0.2) is 26.4 Å². The van der Waals surface area contributed by atoms with Gasteiger partial charge in [0.05, 0.1) is 11.4 Å². The van der Waals surface area contributed by atoms with Gasteiger partial charge in [0.25, 0.3) is 0 Å². The molecular formula is C17H15FN4OS. The number of benzene rings is 2. The van der Waals surface area contributed by atoms with E-state index in [2.05, 4.69) is 15.4 Å². The first kappa shape index (κ1) is 16.2. The Balaban J connectivity index is 1.56. The van der Waals surface area contributed by atoms with Crippen molar-refractivity contribution in [3.8, 4) is 5.69 Å². The summed E-state index contributed by atoms with van der Waals surface area (Å²) in [5, 5.41) is 7.47. The summed E-state index contributed by atoms with van der Waals surface area (Å²) in [6.07, 6.45) is 1.60. The first-order chi connectivity index (χ1) is 11.6. The standard InChI is InChI=1S/C17H15FN4OS/c1-12-7-8-13(9-15(12)18)20-16(23)10-24-17-19-11-22(21-17)14-5-3-2-4-6-14/h2-9,11H,10H2,1H3,(H,20,23). The van der Waals surface area contributed by atoms with Crippen LogP contribution in [0, 0.1) is 12.7 Å². The predicted octanol–water partition coefficient (Wildman–Crippen LogP) is 3.45. The third-order valence-corrected chi connectivity index (χ3v) is 4.13. The van der Waals surface area contributed by atoms with Crippen molar-refractivity contribution in [3.63, 3.8) is 0 Å². The van der Waals surface area contributed by atoms with E-state index < -0.39 is 0 Å². The van der Waals surface area contributed by atoms with E-state index >= 15 is 0 Å². The first-order valence-electron chi connectivity index (χ1n) is 7.28. The molecule has 0 atom stereocenters. The van der Waals surface area contributed by atoms with Gasteiger partial charge in [-0.25, -0.2) is 14.1 Å². The molecule has 0 saturated heterocycles. The number of halogens is 1. The molecule has 0 unspecified atom stereocenters. The summed E-state index contributed by atoms with van der Waals surface area (Å²) >= 11 is 1.22. The molecular weight excluding hydrogens is 327 g/mol. The van der Waals surface area contributed by atoms with Crippen LogP contribution < -0.4 is 5.32 Å². The number of carbonyl (C=O) groups excluding carboxylic acids is 1. The van der Waals surface area contributed by atoms with Crippen LogP contribution in [-0.2, 0) is 4.79 Å². The monoisotopic (exact) mass is 342 g/mol. The van der Waals surface area contributed by atoms with Gasteiger partial charge >= 0.3 is 0 Å². The van der Waals surface area contributed by atoms with Crippen LogP contribution in [0.25, 0.3) is 5.69 Å². The zero-order chi connectivity index (χ0) is 16.9. The van der Waals surface area contributed by atoms with Gasteiger partial charge in [0.2, 0.25) is 11.1 Å². The van der Waals surface area contributed by atoms with Crippen molar-refractivity contribution >= 4 is 23.4 Å². The number of nitrogens with one attached hydrogen (secondary N) is 1. The van der Waals surface area contributed by atoms with Crippen molar-refractivity contribution in [1.29, 1.82) is 0 Å². The van der Waals surface area contributed by atoms with Crippen LogP contribution in [0.5, 0.6) is 0 Å². The van der Waals surface area contributed by atoms with Crippen molar-refractivity contribution in [2.24, 2.45) is 0 Å². The number of hydrogen-bond donors (Lipinski definition) is 1. The molecule has 1 amide bonds. The van der Waals surface area contributed by atoms with Crippen molar-refractivity contribution in [2.45, 2.75) is 12.1 Å². The quantitative estimate of drug-likeness (QED) is 0.722. The van der Waals surface area contributed by atoms with Crippen LogP contribution in [0.2, 0.25) is 0 Å². The minimum Gasteiger partial charge on any atom is -0.325 e. The van der Waals surface area contributed by atoms with Crippen LogP contribution in [0.3, 0.4) is 0 Å². The third-order valence-electron chi connectivity index (χ3n) is 3.28. The fraction of sp³-hybridized carbons (Fsp3) is 0.118. The van der Waals surface area contributed by atoms with E-state index in [-0.39, 0.29) is 17.5 Å². The van der Waals surface area contributed by atoms with Gasteiger partial charge in [-0.1, -0.05) is 36.0 Å². The van der Waals surface area contributed by atoms with Gasteiger partial charge in [-0.2, -0.15) is 0 Å². The van der Waals surface area contributed by atoms with Gasteiger partial charge < -0.3 is 5.32 Å². The second kappa shape index (κ2) is 7.27. The molecule has 1 N–H and O–H groups in total. The van der Waals surface area contributed by atoms with E-state index in [4.69, 9.17) is 0 Å². The molecule has 1 aromatic heterocycles. The molecule has 0 radical (unpaired) electrons. The molecule has 0 aliphatic heterocycles. The third kappa shape index (κ3) is 3.99. The predicted molar refractivity (Wildman–Crippen MR) is 91.8 cm³/mol. The minimum absolute atomic E-state index is 0.147. The molecule has 7 heteroatoms. The highest BCUT2D eigenvalue weighted by atomic mass is 32.2. The molecule has 0 bridgehead atoms. The molecule has 1 heterocycles. The van der Waals surface area contributed by atoms with Gasteiger partial charge in [-0.05, 0) is 36.8 Å². The summed E-state index contributed by atoms with van der Waals surface area (Å²) < 4.78 is 15.1. The molecule has 3 rings (SSSR count). The van der Waals surface area contributed by atoms with E-state index in [0.29, 0.717) is 16.4 Å². The summed E-state index contributed by atoms with van der Waals surface area (Å²) in [4.78, 5) is 16.1. The maximum atomic E-state index is 13.5. The van der Waals surface area contributed by atoms with Crippen LogP contribution >= 0.6 is 11.8 Å². The molecule has 24 heavy (non-hydrogen) atoms. The highest BCUT2D eigenvalue weighted by molar-refractivity contribution is 7.99. The van der Waals surface area contributed by atoms with Gasteiger partial charge in [-0.3, -0.25) is 4.79 Å². The van der Waals surface area contributed by atoms with Gasteiger partial charge in [-0.15, -0.1) is 5.10 Å². The molecule has 0 aliphatic carbocycles. The van der Waals surface area contributed by atoms with Crippen LogP contribution in [0.15, 0.2) is 60.0 Å². The zero-order valence-electron chi connectivity index (χ0n) is 12.9. The average Bonchev–Trinajstić information content (AvgIpc) is 3.06. The number of aryl methyl sites for hydroxylation is 1. The summed E-state index contributed by atoms with van der Waals surface area (Å²) in [5.41, 5.74) is 1.88. The van der Waals surface area contributed by atoms with Gasteiger partial charge in [0.1, 0.15) is 12.1 Å². The minimum atomic E-state index is -0.344. The molecule has 0 spiro atoms. The van der Waals surface area contributed by atoms with Gasteiger partial charge in [0.15, 0.2) is 0 Å². The summed E-state index contributed by atoms with van der Waals surface area (Å²) in [7, 11) is 0. The maximum Gasteiger partial charge on any atom is 0.234 e. The lowest BCUT2D eigenvalue weighted by atomic mass is 10.2. The number of hydrogen-bond acceptors (Lipinski definition) is 4. The fourth-order valence-corrected chi connectivity index (χ4v) is 2.62. The maximum absolute atomic E-state index is 13.5. The first-order valence-corrected chi connectivity index (χ1v) is 8.26. The Labute approximate surface area is 142 Å². The molecule has 122 valence electrons. The lowest BCUT2D eigenvalue weighted by Crippen LogP contribution is -2.14. The number of amides is 1. The van der Waals surface area contributed by atoms with E-state index in [9.17, 15) is 9.18 Å². The largest absolute Gasteiger partial charge is 0.325 e. The number of anilines is 1. The lowest BCUT2D eigenvalue weighted by Gasteiger charge is -2.05. The normalized spacial score (nSPS) is 10.6. The van der Waals surface area contributed by atoms with Crippen molar-refractivity contribution in [3.05, 3.63) is 66.2 Å². The SMILES string of the molecule is Cc1ccc(NC(=O)CSc2ncn(-c3ccccc3)n2)cc1F.